The van der Waals surface area contributed by atoms with Crippen molar-refractivity contribution in [2.45, 2.75) is 25.8 Å². The molecule has 0 bridgehead atoms. The van der Waals surface area contributed by atoms with Gasteiger partial charge in [-0.05, 0) is 30.9 Å². The summed E-state index contributed by atoms with van der Waals surface area (Å²) in [6, 6.07) is 8.93. The van der Waals surface area contributed by atoms with E-state index in [0.717, 1.165) is 22.9 Å². The first-order valence-electron chi connectivity index (χ1n) is 6.07. The van der Waals surface area contributed by atoms with Crippen LogP contribution in [0.2, 0.25) is 0 Å². The molecule has 1 aromatic heterocycles. The quantitative estimate of drug-likeness (QED) is 0.873. The number of rotatable bonds is 3. The first-order valence-corrected chi connectivity index (χ1v) is 6.07. The second-order valence-corrected chi connectivity index (χ2v) is 4.86. The highest BCUT2D eigenvalue weighted by molar-refractivity contribution is 5.63. The summed E-state index contributed by atoms with van der Waals surface area (Å²) >= 11 is 0. The molecule has 0 unspecified atom stereocenters. The van der Waals surface area contributed by atoms with Crippen LogP contribution < -0.4 is 5.32 Å². The van der Waals surface area contributed by atoms with Crippen LogP contribution in [-0.2, 0) is 0 Å². The van der Waals surface area contributed by atoms with Crippen LogP contribution in [0.3, 0.4) is 0 Å². The van der Waals surface area contributed by atoms with Gasteiger partial charge in [0.05, 0.1) is 6.20 Å². The zero-order valence-electron chi connectivity index (χ0n) is 9.89. The molecule has 1 N–H and O–H groups in total. The molecule has 88 valence electrons. The van der Waals surface area contributed by atoms with Gasteiger partial charge in [-0.2, -0.15) is 0 Å². The van der Waals surface area contributed by atoms with Gasteiger partial charge in [0.25, 0.3) is 0 Å². The highest BCUT2D eigenvalue weighted by atomic mass is 16.3. The monoisotopic (exact) mass is 228 g/mol. The molecule has 1 heterocycles. The highest BCUT2D eigenvalue weighted by Crippen LogP contribution is 2.30. The maximum Gasteiger partial charge on any atom is 0.181 e. The average molecular weight is 228 g/mol. The Labute approximate surface area is 101 Å². The zero-order chi connectivity index (χ0) is 11.7. The van der Waals surface area contributed by atoms with Crippen molar-refractivity contribution in [2.24, 2.45) is 5.92 Å². The second-order valence-electron chi connectivity index (χ2n) is 4.86. The molecule has 3 nitrogen and oxygen atoms in total. The van der Waals surface area contributed by atoms with E-state index in [1.54, 1.807) is 6.20 Å². The topological polar surface area (TPSA) is 38.1 Å². The lowest BCUT2D eigenvalue weighted by molar-refractivity contribution is 0.309. The lowest BCUT2D eigenvalue weighted by Gasteiger charge is -2.34. The van der Waals surface area contributed by atoms with Crippen LogP contribution in [0, 0.1) is 5.92 Å². The summed E-state index contributed by atoms with van der Waals surface area (Å²) in [6.45, 7) is 2.29. The minimum Gasteiger partial charge on any atom is -0.444 e. The maximum atomic E-state index is 5.30. The molecule has 0 spiro atoms. The number of nitrogens with one attached hydrogen (secondary N) is 1. The standard InChI is InChI=1S/C14H16N2O/c1-10-5-13(6-10)16-12-4-2-3-11(7-12)14-8-15-9-17-14/h2-4,7-10,13,16H,5-6H2,1H3. The van der Waals surface area contributed by atoms with Gasteiger partial charge in [-0.25, -0.2) is 4.98 Å². The molecule has 0 radical (unpaired) electrons. The average Bonchev–Trinajstić information content (AvgIpc) is 2.81. The van der Waals surface area contributed by atoms with Gasteiger partial charge in [-0.3, -0.25) is 0 Å². The molecule has 17 heavy (non-hydrogen) atoms. The number of hydrogen-bond donors (Lipinski definition) is 1. The molecule has 0 amide bonds. The smallest absolute Gasteiger partial charge is 0.181 e. The van der Waals surface area contributed by atoms with Crippen molar-refractivity contribution in [1.29, 1.82) is 0 Å². The van der Waals surface area contributed by atoms with Crippen molar-refractivity contribution in [3.63, 3.8) is 0 Å². The molecule has 0 atom stereocenters. The van der Waals surface area contributed by atoms with Crippen LogP contribution in [0.15, 0.2) is 41.3 Å². The van der Waals surface area contributed by atoms with Gasteiger partial charge < -0.3 is 9.73 Å². The summed E-state index contributed by atoms with van der Waals surface area (Å²) in [7, 11) is 0. The molecule has 3 heteroatoms. The van der Waals surface area contributed by atoms with Crippen molar-refractivity contribution in [3.8, 4) is 11.3 Å². The molecular weight excluding hydrogens is 212 g/mol. The van der Waals surface area contributed by atoms with Gasteiger partial charge in [0, 0.05) is 17.3 Å². The van der Waals surface area contributed by atoms with E-state index in [9.17, 15) is 0 Å². The molecular formula is C14H16N2O. The molecule has 3 rings (SSSR count). The van der Waals surface area contributed by atoms with Crippen molar-refractivity contribution < 1.29 is 4.42 Å². The molecule has 1 fully saturated rings. The Bertz CT molecular complexity index is 487. The van der Waals surface area contributed by atoms with Crippen LogP contribution in [0.5, 0.6) is 0 Å². The minimum absolute atomic E-state index is 0.634. The molecule has 2 aromatic rings. The van der Waals surface area contributed by atoms with Crippen molar-refractivity contribution in [3.05, 3.63) is 36.9 Å². The van der Waals surface area contributed by atoms with E-state index in [4.69, 9.17) is 4.42 Å². The minimum atomic E-state index is 0.634. The fraction of sp³-hybridized carbons (Fsp3) is 0.357. The van der Waals surface area contributed by atoms with E-state index in [1.165, 1.54) is 19.2 Å². The Kier molecular flexibility index (Phi) is 2.59. The second kappa shape index (κ2) is 4.24. The van der Waals surface area contributed by atoms with Gasteiger partial charge in [-0.15, -0.1) is 0 Å². The van der Waals surface area contributed by atoms with Gasteiger partial charge >= 0.3 is 0 Å². The molecule has 1 aliphatic rings. The van der Waals surface area contributed by atoms with E-state index >= 15 is 0 Å². The van der Waals surface area contributed by atoms with Crippen LogP contribution in [0.4, 0.5) is 5.69 Å². The van der Waals surface area contributed by atoms with Crippen molar-refractivity contribution >= 4 is 5.69 Å². The number of hydrogen-bond acceptors (Lipinski definition) is 3. The molecule has 0 aliphatic heterocycles. The first-order chi connectivity index (χ1) is 8.31. The van der Waals surface area contributed by atoms with Crippen LogP contribution in [0.1, 0.15) is 19.8 Å². The third kappa shape index (κ3) is 2.18. The van der Waals surface area contributed by atoms with E-state index in [2.05, 4.69) is 29.4 Å². The van der Waals surface area contributed by atoms with E-state index in [1.807, 2.05) is 12.1 Å². The fourth-order valence-corrected chi connectivity index (χ4v) is 2.38. The number of oxazole rings is 1. The van der Waals surface area contributed by atoms with Crippen molar-refractivity contribution in [1.82, 2.24) is 4.98 Å². The molecule has 1 saturated carbocycles. The zero-order valence-corrected chi connectivity index (χ0v) is 9.89. The predicted octanol–water partition coefficient (Wildman–Crippen LogP) is 3.55. The van der Waals surface area contributed by atoms with E-state index < -0.39 is 0 Å². The van der Waals surface area contributed by atoms with Crippen LogP contribution in [-0.4, -0.2) is 11.0 Å². The Morgan fingerprint density at radius 2 is 2.24 bits per heavy atom. The Morgan fingerprint density at radius 1 is 1.35 bits per heavy atom. The molecule has 0 saturated heterocycles. The van der Waals surface area contributed by atoms with E-state index in [-0.39, 0.29) is 0 Å². The van der Waals surface area contributed by atoms with Gasteiger partial charge in [0.2, 0.25) is 0 Å². The third-order valence-corrected chi connectivity index (χ3v) is 3.32. The largest absolute Gasteiger partial charge is 0.444 e. The van der Waals surface area contributed by atoms with Crippen LogP contribution >= 0.6 is 0 Å². The summed E-state index contributed by atoms with van der Waals surface area (Å²) in [5.74, 6) is 1.68. The Balaban J connectivity index is 1.75. The number of benzene rings is 1. The summed E-state index contributed by atoms with van der Waals surface area (Å²) in [5, 5.41) is 3.55. The molecule has 1 aliphatic carbocycles. The Morgan fingerprint density at radius 3 is 2.94 bits per heavy atom. The number of aromatic nitrogens is 1. The maximum absolute atomic E-state index is 5.30. The lowest BCUT2D eigenvalue weighted by atomic mass is 9.82. The third-order valence-electron chi connectivity index (χ3n) is 3.32. The van der Waals surface area contributed by atoms with Gasteiger partial charge in [-0.1, -0.05) is 19.1 Å². The van der Waals surface area contributed by atoms with E-state index in [0.29, 0.717) is 6.04 Å². The first kappa shape index (κ1) is 10.4. The number of anilines is 1. The highest BCUT2D eigenvalue weighted by Gasteiger charge is 2.24. The molecule has 1 aromatic carbocycles. The Hall–Kier alpha value is -1.77. The summed E-state index contributed by atoms with van der Waals surface area (Å²) in [4.78, 5) is 3.94. The predicted molar refractivity (Wildman–Crippen MR) is 67.7 cm³/mol. The van der Waals surface area contributed by atoms with Crippen molar-refractivity contribution in [2.75, 3.05) is 5.32 Å². The lowest BCUT2D eigenvalue weighted by Crippen LogP contribution is -2.33. The van der Waals surface area contributed by atoms with Gasteiger partial charge in [0.1, 0.15) is 0 Å². The normalized spacial score (nSPS) is 23.1. The SMILES string of the molecule is CC1CC(Nc2cccc(-c3cnco3)c2)C1. The van der Waals surface area contributed by atoms with Gasteiger partial charge in [0.15, 0.2) is 12.2 Å². The summed E-state index contributed by atoms with van der Waals surface area (Å²) in [5.41, 5.74) is 2.23. The number of nitrogens with zero attached hydrogens (tertiary/aromatic N) is 1. The summed E-state index contributed by atoms with van der Waals surface area (Å²) < 4.78 is 5.30. The summed E-state index contributed by atoms with van der Waals surface area (Å²) in [6.07, 6.45) is 5.74. The fourth-order valence-electron chi connectivity index (χ4n) is 2.38. The van der Waals surface area contributed by atoms with Crippen LogP contribution in [0.25, 0.3) is 11.3 Å².